The number of benzene rings is 2. The van der Waals surface area contributed by atoms with E-state index in [0.717, 1.165) is 17.8 Å². The number of nitrogens with one attached hydrogen (secondary N) is 1. The SMILES string of the molecule is C[C@@H](Nc1ccc(F)cc1)C(=O)N1c2ccccc2C[C@@H]1C. The van der Waals surface area contributed by atoms with E-state index in [1.54, 1.807) is 12.1 Å². The van der Waals surface area contributed by atoms with E-state index < -0.39 is 0 Å². The summed E-state index contributed by atoms with van der Waals surface area (Å²) in [6.45, 7) is 3.89. The molecule has 2 aromatic carbocycles. The zero-order valence-electron chi connectivity index (χ0n) is 12.7. The van der Waals surface area contributed by atoms with Crippen LogP contribution in [-0.2, 0) is 11.2 Å². The van der Waals surface area contributed by atoms with Gasteiger partial charge in [0.05, 0.1) is 0 Å². The van der Waals surface area contributed by atoms with E-state index >= 15 is 0 Å². The lowest BCUT2D eigenvalue weighted by Gasteiger charge is -2.27. The third-order valence-electron chi connectivity index (χ3n) is 4.04. The number of hydrogen-bond acceptors (Lipinski definition) is 2. The number of carbonyl (C=O) groups excluding carboxylic acids is 1. The maximum atomic E-state index is 12.9. The molecule has 0 unspecified atom stereocenters. The van der Waals surface area contributed by atoms with Crippen LogP contribution in [0.5, 0.6) is 0 Å². The first-order valence-electron chi connectivity index (χ1n) is 7.49. The highest BCUT2D eigenvalue weighted by molar-refractivity contribution is 6.00. The fraction of sp³-hybridized carbons (Fsp3) is 0.278. The number of para-hydroxylation sites is 1. The second kappa shape index (κ2) is 5.79. The van der Waals surface area contributed by atoms with Gasteiger partial charge in [0.1, 0.15) is 11.9 Å². The van der Waals surface area contributed by atoms with Crippen LogP contribution in [0.4, 0.5) is 15.8 Å². The minimum Gasteiger partial charge on any atom is -0.374 e. The normalized spacial score (nSPS) is 18.0. The van der Waals surface area contributed by atoms with E-state index in [9.17, 15) is 9.18 Å². The molecule has 1 heterocycles. The van der Waals surface area contributed by atoms with Crippen molar-refractivity contribution in [2.45, 2.75) is 32.4 Å². The maximum Gasteiger partial charge on any atom is 0.249 e. The van der Waals surface area contributed by atoms with Gasteiger partial charge in [0.15, 0.2) is 0 Å². The van der Waals surface area contributed by atoms with E-state index in [0.29, 0.717) is 0 Å². The minimum absolute atomic E-state index is 0.0294. The van der Waals surface area contributed by atoms with Gasteiger partial charge in [-0.3, -0.25) is 4.79 Å². The second-order valence-electron chi connectivity index (χ2n) is 5.76. The van der Waals surface area contributed by atoms with Crippen LogP contribution < -0.4 is 10.2 Å². The molecule has 0 fully saturated rings. The number of fused-ring (bicyclic) bond motifs is 1. The Morgan fingerprint density at radius 1 is 1.23 bits per heavy atom. The summed E-state index contributed by atoms with van der Waals surface area (Å²) in [6, 6.07) is 13.8. The van der Waals surface area contributed by atoms with Gasteiger partial charge in [-0.1, -0.05) is 18.2 Å². The van der Waals surface area contributed by atoms with Crippen molar-refractivity contribution in [3.05, 3.63) is 59.9 Å². The van der Waals surface area contributed by atoms with Gasteiger partial charge in [0.25, 0.3) is 0 Å². The highest BCUT2D eigenvalue weighted by Gasteiger charge is 2.32. The highest BCUT2D eigenvalue weighted by Crippen LogP contribution is 2.32. The van der Waals surface area contributed by atoms with Crippen LogP contribution in [0.3, 0.4) is 0 Å². The summed E-state index contributed by atoms with van der Waals surface area (Å²) < 4.78 is 12.9. The first-order chi connectivity index (χ1) is 10.6. The van der Waals surface area contributed by atoms with Gasteiger partial charge in [-0.2, -0.15) is 0 Å². The average Bonchev–Trinajstić information content (AvgIpc) is 2.84. The van der Waals surface area contributed by atoms with E-state index in [-0.39, 0.29) is 23.8 Å². The Labute approximate surface area is 129 Å². The van der Waals surface area contributed by atoms with Crippen molar-refractivity contribution in [3.63, 3.8) is 0 Å². The summed E-state index contributed by atoms with van der Waals surface area (Å²) >= 11 is 0. The summed E-state index contributed by atoms with van der Waals surface area (Å²) in [6.07, 6.45) is 0.880. The predicted molar refractivity (Wildman–Crippen MR) is 86.6 cm³/mol. The quantitative estimate of drug-likeness (QED) is 0.939. The Morgan fingerprint density at radius 3 is 2.64 bits per heavy atom. The van der Waals surface area contributed by atoms with Crippen LogP contribution in [-0.4, -0.2) is 18.0 Å². The van der Waals surface area contributed by atoms with Crippen molar-refractivity contribution in [2.75, 3.05) is 10.2 Å². The van der Waals surface area contributed by atoms with Crippen molar-refractivity contribution in [3.8, 4) is 0 Å². The van der Waals surface area contributed by atoms with Gasteiger partial charge < -0.3 is 10.2 Å². The lowest BCUT2D eigenvalue weighted by Crippen LogP contribution is -2.44. The lowest BCUT2D eigenvalue weighted by atomic mass is 10.1. The molecule has 0 radical (unpaired) electrons. The van der Waals surface area contributed by atoms with Crippen molar-refractivity contribution in [1.82, 2.24) is 0 Å². The van der Waals surface area contributed by atoms with Crippen LogP contribution in [0.1, 0.15) is 19.4 Å². The van der Waals surface area contributed by atoms with Gasteiger partial charge >= 0.3 is 0 Å². The Kier molecular flexibility index (Phi) is 3.84. The Bertz CT molecular complexity index is 684. The summed E-state index contributed by atoms with van der Waals surface area (Å²) in [7, 11) is 0. The fourth-order valence-corrected chi connectivity index (χ4v) is 2.97. The molecule has 1 aliphatic rings. The first kappa shape index (κ1) is 14.6. The number of rotatable bonds is 3. The number of carbonyl (C=O) groups is 1. The molecule has 3 rings (SSSR count). The van der Waals surface area contributed by atoms with Crippen molar-refractivity contribution >= 4 is 17.3 Å². The van der Waals surface area contributed by atoms with Gasteiger partial charge in [-0.05, 0) is 56.2 Å². The molecule has 0 aliphatic carbocycles. The Balaban J connectivity index is 1.77. The molecular formula is C18H19FN2O. The van der Waals surface area contributed by atoms with Crippen molar-refractivity contribution in [1.29, 1.82) is 0 Å². The first-order valence-corrected chi connectivity index (χ1v) is 7.49. The molecule has 22 heavy (non-hydrogen) atoms. The van der Waals surface area contributed by atoms with Gasteiger partial charge in [-0.25, -0.2) is 4.39 Å². The lowest BCUT2D eigenvalue weighted by molar-refractivity contribution is -0.119. The van der Waals surface area contributed by atoms with Crippen molar-refractivity contribution in [2.24, 2.45) is 0 Å². The molecule has 0 saturated heterocycles. The number of nitrogens with zero attached hydrogens (tertiary/aromatic N) is 1. The van der Waals surface area contributed by atoms with Crippen LogP contribution in [0.2, 0.25) is 0 Å². The van der Waals surface area contributed by atoms with Crippen LogP contribution in [0, 0.1) is 5.82 Å². The predicted octanol–water partition coefficient (Wildman–Crippen LogP) is 3.60. The van der Waals surface area contributed by atoms with Gasteiger partial charge in [0.2, 0.25) is 5.91 Å². The van der Waals surface area contributed by atoms with E-state index in [4.69, 9.17) is 0 Å². The molecule has 3 nitrogen and oxygen atoms in total. The average molecular weight is 298 g/mol. The molecular weight excluding hydrogens is 279 g/mol. The molecule has 114 valence electrons. The molecule has 4 heteroatoms. The monoisotopic (exact) mass is 298 g/mol. The molecule has 0 bridgehead atoms. The number of amides is 1. The second-order valence-corrected chi connectivity index (χ2v) is 5.76. The summed E-state index contributed by atoms with van der Waals surface area (Å²) in [5.41, 5.74) is 2.94. The molecule has 1 N–H and O–H groups in total. The molecule has 2 aromatic rings. The zero-order valence-corrected chi connectivity index (χ0v) is 12.7. The highest BCUT2D eigenvalue weighted by atomic mass is 19.1. The summed E-state index contributed by atoms with van der Waals surface area (Å²) in [5, 5.41) is 3.14. The molecule has 0 spiro atoms. The third kappa shape index (κ3) is 2.69. The van der Waals surface area contributed by atoms with Gasteiger partial charge in [-0.15, -0.1) is 0 Å². The van der Waals surface area contributed by atoms with Crippen molar-refractivity contribution < 1.29 is 9.18 Å². The third-order valence-corrected chi connectivity index (χ3v) is 4.04. The standard InChI is InChI=1S/C18H19FN2O/c1-12-11-14-5-3-4-6-17(14)21(12)18(22)13(2)20-16-9-7-15(19)8-10-16/h3-10,12-13,20H,11H2,1-2H3/t12-,13+/m0/s1. The maximum absolute atomic E-state index is 12.9. The molecule has 0 saturated carbocycles. The van der Waals surface area contributed by atoms with E-state index in [1.807, 2.05) is 30.0 Å². The number of anilines is 2. The number of hydrogen-bond donors (Lipinski definition) is 1. The zero-order chi connectivity index (χ0) is 15.7. The minimum atomic E-state index is -0.376. The van der Waals surface area contributed by atoms with E-state index in [1.165, 1.54) is 17.7 Å². The van der Waals surface area contributed by atoms with E-state index in [2.05, 4.69) is 18.3 Å². The van der Waals surface area contributed by atoms with Gasteiger partial charge in [0, 0.05) is 17.4 Å². The van der Waals surface area contributed by atoms with Crippen LogP contribution in [0.25, 0.3) is 0 Å². The van der Waals surface area contributed by atoms with Crippen LogP contribution >= 0.6 is 0 Å². The molecule has 1 amide bonds. The molecule has 2 atom stereocenters. The summed E-state index contributed by atoms with van der Waals surface area (Å²) in [4.78, 5) is 14.6. The molecule has 0 aromatic heterocycles. The summed E-state index contributed by atoms with van der Waals surface area (Å²) in [5.74, 6) is -0.256. The molecule has 1 aliphatic heterocycles. The largest absolute Gasteiger partial charge is 0.374 e. The number of halogens is 1. The fourth-order valence-electron chi connectivity index (χ4n) is 2.97. The smallest absolute Gasteiger partial charge is 0.249 e. The Morgan fingerprint density at radius 2 is 1.91 bits per heavy atom. The van der Waals surface area contributed by atoms with Crippen LogP contribution in [0.15, 0.2) is 48.5 Å². The topological polar surface area (TPSA) is 32.3 Å². The Hall–Kier alpha value is -2.36.